The largest absolute Gasteiger partial charge is 0.337 e. The number of piperazine rings is 1. The van der Waals surface area contributed by atoms with Crippen molar-refractivity contribution < 1.29 is 9.18 Å². The summed E-state index contributed by atoms with van der Waals surface area (Å²) in [6.45, 7) is 1.77. The van der Waals surface area contributed by atoms with Crippen LogP contribution < -0.4 is 0 Å². The van der Waals surface area contributed by atoms with Crippen molar-refractivity contribution in [2.75, 3.05) is 26.7 Å². The van der Waals surface area contributed by atoms with E-state index in [2.05, 4.69) is 14.9 Å². The Morgan fingerprint density at radius 1 is 1.32 bits per heavy atom. The summed E-state index contributed by atoms with van der Waals surface area (Å²) in [6, 6.07) is 1.42. The van der Waals surface area contributed by atoms with Crippen molar-refractivity contribution >= 4 is 5.91 Å². The second kappa shape index (κ2) is 5.84. The third-order valence-corrected chi connectivity index (χ3v) is 4.09. The molecule has 1 aliphatic heterocycles. The average molecular weight is 303 g/mol. The van der Waals surface area contributed by atoms with E-state index < -0.39 is 5.82 Å². The van der Waals surface area contributed by atoms with Gasteiger partial charge in [0.1, 0.15) is 5.82 Å². The van der Waals surface area contributed by atoms with Gasteiger partial charge in [-0.15, -0.1) is 0 Å². The molecule has 0 N–H and O–H groups in total. The lowest BCUT2D eigenvalue weighted by Gasteiger charge is -2.39. The number of pyridine rings is 1. The minimum Gasteiger partial charge on any atom is -0.337 e. The molecule has 0 bridgehead atoms. The SMILES string of the molecule is CN1CCN(C(=O)c2ccncc2F)C[C@@H]1c1nccn1C. The predicted molar refractivity (Wildman–Crippen MR) is 78.7 cm³/mol. The van der Waals surface area contributed by atoms with Crippen LogP contribution in [0.4, 0.5) is 4.39 Å². The molecule has 2 aromatic heterocycles. The Hall–Kier alpha value is -2.28. The summed E-state index contributed by atoms with van der Waals surface area (Å²) >= 11 is 0. The second-order valence-electron chi connectivity index (χ2n) is 5.50. The standard InChI is InChI=1S/C15H18FN5O/c1-19-7-8-21(10-13(19)14-18-5-6-20(14)2)15(22)11-3-4-17-9-12(11)16/h3-6,9,13H,7-8,10H2,1-2H3/t13-/m1/s1. The van der Waals surface area contributed by atoms with Crippen LogP contribution >= 0.6 is 0 Å². The summed E-state index contributed by atoms with van der Waals surface area (Å²) in [4.78, 5) is 24.4. The maximum absolute atomic E-state index is 13.8. The predicted octanol–water partition coefficient (Wildman–Crippen LogP) is 1.08. The van der Waals surface area contributed by atoms with Crippen LogP contribution in [0.3, 0.4) is 0 Å². The fourth-order valence-corrected chi connectivity index (χ4v) is 2.75. The molecule has 2 aromatic rings. The van der Waals surface area contributed by atoms with Crippen molar-refractivity contribution in [3.8, 4) is 0 Å². The average Bonchev–Trinajstić information content (AvgIpc) is 2.93. The van der Waals surface area contributed by atoms with Crippen molar-refractivity contribution in [3.05, 3.63) is 48.1 Å². The minimum atomic E-state index is -0.583. The van der Waals surface area contributed by atoms with E-state index >= 15 is 0 Å². The molecule has 1 amide bonds. The molecule has 6 nitrogen and oxygen atoms in total. The molecule has 0 spiro atoms. The highest BCUT2D eigenvalue weighted by Crippen LogP contribution is 2.23. The fourth-order valence-electron chi connectivity index (χ4n) is 2.75. The van der Waals surface area contributed by atoms with Crippen LogP contribution in [-0.2, 0) is 7.05 Å². The lowest BCUT2D eigenvalue weighted by molar-refractivity contribution is 0.0524. The Balaban J connectivity index is 1.83. The molecule has 0 unspecified atom stereocenters. The minimum absolute atomic E-state index is 0.00241. The molecule has 1 fully saturated rings. The first kappa shape index (κ1) is 14.6. The monoisotopic (exact) mass is 303 g/mol. The van der Waals surface area contributed by atoms with E-state index in [4.69, 9.17) is 0 Å². The van der Waals surface area contributed by atoms with E-state index in [0.717, 1.165) is 18.6 Å². The summed E-state index contributed by atoms with van der Waals surface area (Å²) in [5.74, 6) is 0.0161. The molecule has 7 heteroatoms. The fraction of sp³-hybridized carbons (Fsp3) is 0.400. The molecule has 3 heterocycles. The van der Waals surface area contributed by atoms with Crippen molar-refractivity contribution in [2.45, 2.75) is 6.04 Å². The number of amides is 1. The molecular weight excluding hydrogens is 285 g/mol. The molecule has 116 valence electrons. The molecule has 0 saturated carbocycles. The van der Waals surface area contributed by atoms with E-state index in [1.54, 1.807) is 11.1 Å². The zero-order valence-electron chi connectivity index (χ0n) is 12.6. The first-order valence-electron chi connectivity index (χ1n) is 7.14. The summed E-state index contributed by atoms with van der Waals surface area (Å²) in [5, 5.41) is 0. The number of imidazole rings is 1. The van der Waals surface area contributed by atoms with E-state index in [1.165, 1.54) is 12.3 Å². The molecule has 22 heavy (non-hydrogen) atoms. The molecule has 0 aliphatic carbocycles. The molecule has 3 rings (SSSR count). The summed E-state index contributed by atoms with van der Waals surface area (Å²) in [5.41, 5.74) is 0.0677. The van der Waals surface area contributed by atoms with Crippen molar-refractivity contribution in [1.29, 1.82) is 0 Å². The van der Waals surface area contributed by atoms with Gasteiger partial charge in [-0.25, -0.2) is 9.37 Å². The van der Waals surface area contributed by atoms with Crippen molar-refractivity contribution in [1.82, 2.24) is 24.3 Å². The van der Waals surface area contributed by atoms with Gasteiger partial charge in [0, 0.05) is 45.3 Å². The zero-order valence-corrected chi connectivity index (χ0v) is 12.6. The van der Waals surface area contributed by atoms with Gasteiger partial charge in [-0.3, -0.25) is 14.7 Å². The van der Waals surface area contributed by atoms with Crippen LogP contribution in [-0.4, -0.2) is 56.9 Å². The quantitative estimate of drug-likeness (QED) is 0.833. The summed E-state index contributed by atoms with van der Waals surface area (Å²) in [6.07, 6.45) is 6.13. The van der Waals surface area contributed by atoms with Gasteiger partial charge in [-0.05, 0) is 13.1 Å². The Bertz CT molecular complexity index is 686. The van der Waals surface area contributed by atoms with E-state index in [-0.39, 0.29) is 17.5 Å². The van der Waals surface area contributed by atoms with Gasteiger partial charge in [0.2, 0.25) is 0 Å². The van der Waals surface area contributed by atoms with Crippen LogP contribution in [0.5, 0.6) is 0 Å². The highest BCUT2D eigenvalue weighted by atomic mass is 19.1. The number of hydrogen-bond acceptors (Lipinski definition) is 4. The first-order valence-corrected chi connectivity index (χ1v) is 7.14. The number of nitrogens with zero attached hydrogens (tertiary/aromatic N) is 5. The van der Waals surface area contributed by atoms with Gasteiger partial charge >= 0.3 is 0 Å². The van der Waals surface area contributed by atoms with Gasteiger partial charge in [0.25, 0.3) is 5.91 Å². The maximum atomic E-state index is 13.8. The Morgan fingerprint density at radius 2 is 2.14 bits per heavy atom. The van der Waals surface area contributed by atoms with Gasteiger partial charge in [-0.1, -0.05) is 0 Å². The molecule has 0 radical (unpaired) electrons. The van der Waals surface area contributed by atoms with Gasteiger partial charge in [0.15, 0.2) is 5.82 Å². The van der Waals surface area contributed by atoms with Crippen molar-refractivity contribution in [3.63, 3.8) is 0 Å². The number of likely N-dealkylation sites (N-methyl/N-ethyl adjacent to an activating group) is 1. The molecule has 0 aromatic carbocycles. The third kappa shape index (κ3) is 2.59. The molecular formula is C15H18FN5O. The Labute approximate surface area is 128 Å². The summed E-state index contributed by atoms with van der Waals surface area (Å²) < 4.78 is 15.7. The Morgan fingerprint density at radius 3 is 2.82 bits per heavy atom. The highest BCUT2D eigenvalue weighted by molar-refractivity contribution is 5.94. The van der Waals surface area contributed by atoms with Crippen molar-refractivity contribution in [2.24, 2.45) is 7.05 Å². The number of halogens is 1. The smallest absolute Gasteiger partial charge is 0.257 e. The van der Waals surface area contributed by atoms with Crippen LogP contribution in [0.2, 0.25) is 0 Å². The normalized spacial score (nSPS) is 19.4. The van der Waals surface area contributed by atoms with Crippen LogP contribution in [0.15, 0.2) is 30.9 Å². The summed E-state index contributed by atoms with van der Waals surface area (Å²) in [7, 11) is 3.94. The van der Waals surface area contributed by atoms with Crippen LogP contribution in [0, 0.1) is 5.82 Å². The topological polar surface area (TPSA) is 54.3 Å². The van der Waals surface area contributed by atoms with E-state index in [1.807, 2.05) is 24.9 Å². The Kier molecular flexibility index (Phi) is 3.89. The number of rotatable bonds is 2. The number of aryl methyl sites for hydroxylation is 1. The number of hydrogen-bond donors (Lipinski definition) is 0. The van der Waals surface area contributed by atoms with E-state index in [0.29, 0.717) is 13.1 Å². The lowest BCUT2D eigenvalue weighted by Crippen LogP contribution is -2.49. The maximum Gasteiger partial charge on any atom is 0.257 e. The zero-order chi connectivity index (χ0) is 15.7. The molecule has 1 atom stereocenters. The molecule has 1 saturated heterocycles. The first-order chi connectivity index (χ1) is 10.6. The highest BCUT2D eigenvalue weighted by Gasteiger charge is 2.31. The second-order valence-corrected chi connectivity index (χ2v) is 5.50. The van der Waals surface area contributed by atoms with Crippen LogP contribution in [0.1, 0.15) is 22.2 Å². The van der Waals surface area contributed by atoms with E-state index in [9.17, 15) is 9.18 Å². The van der Waals surface area contributed by atoms with Gasteiger partial charge < -0.3 is 9.47 Å². The lowest BCUT2D eigenvalue weighted by atomic mass is 10.1. The third-order valence-electron chi connectivity index (χ3n) is 4.09. The number of carbonyl (C=O) groups excluding carboxylic acids is 1. The number of aromatic nitrogens is 3. The van der Waals surface area contributed by atoms with Gasteiger partial charge in [0.05, 0.1) is 17.8 Å². The molecule has 1 aliphatic rings. The number of carbonyl (C=O) groups is 1. The van der Waals surface area contributed by atoms with Crippen LogP contribution in [0.25, 0.3) is 0 Å². The van der Waals surface area contributed by atoms with Gasteiger partial charge in [-0.2, -0.15) is 0 Å².